The Bertz CT molecular complexity index is 980. The molecule has 160 valence electrons. The largest absolute Gasteiger partial charge is 0.174 e. The minimum Gasteiger partial charge on any atom is -0.104 e. The van der Waals surface area contributed by atoms with Gasteiger partial charge in [-0.2, -0.15) is 0 Å². The van der Waals surface area contributed by atoms with Gasteiger partial charge in [0.2, 0.25) is 0 Å². The van der Waals surface area contributed by atoms with E-state index >= 15 is 0 Å². The molecule has 0 fully saturated rings. The molecule has 0 spiro atoms. The average molecular weight is 646 g/mol. The lowest BCUT2D eigenvalue weighted by atomic mass is 9.88. The van der Waals surface area contributed by atoms with E-state index < -0.39 is 28.2 Å². The van der Waals surface area contributed by atoms with Crippen molar-refractivity contribution >= 4 is 139 Å². The Labute approximate surface area is 231 Å². The van der Waals surface area contributed by atoms with Crippen LogP contribution in [0.5, 0.6) is 0 Å². The SMILES string of the molecule is ClC1=C(Cl)C2(Cl)C3=C(C=CC4=C(C=C3)C3(Cl)C(Cl)=C(Cl)C4(Cl)C3(Cl)Cl)C1(Cl)C2(Cl)Cl. The van der Waals surface area contributed by atoms with E-state index in [-0.39, 0.29) is 20.1 Å². The summed E-state index contributed by atoms with van der Waals surface area (Å²) in [5.74, 6) is 0. The van der Waals surface area contributed by atoms with Crippen LogP contribution in [0.25, 0.3) is 0 Å². The second-order valence-corrected chi connectivity index (χ2v) is 13.8. The van der Waals surface area contributed by atoms with E-state index in [2.05, 4.69) is 0 Å². The molecule has 4 bridgehead atoms. The first-order valence-electron chi connectivity index (χ1n) is 8.09. The van der Waals surface area contributed by atoms with Crippen LogP contribution in [-0.4, -0.2) is 28.2 Å². The van der Waals surface area contributed by atoms with Gasteiger partial charge in [-0.15, -0.1) is 46.4 Å². The zero-order valence-electron chi connectivity index (χ0n) is 13.8. The third kappa shape index (κ3) is 2.00. The second kappa shape index (κ2) is 6.37. The molecule has 0 nitrogen and oxygen atoms in total. The van der Waals surface area contributed by atoms with Crippen molar-refractivity contribution in [1.29, 1.82) is 0 Å². The summed E-state index contributed by atoms with van der Waals surface area (Å²) >= 11 is 79.7. The number of alkyl halides is 8. The molecule has 5 rings (SSSR count). The molecule has 0 saturated carbocycles. The van der Waals surface area contributed by atoms with Crippen LogP contribution in [0.4, 0.5) is 0 Å². The van der Waals surface area contributed by atoms with Crippen LogP contribution in [-0.2, 0) is 0 Å². The van der Waals surface area contributed by atoms with Gasteiger partial charge in [0.05, 0.1) is 20.1 Å². The summed E-state index contributed by atoms with van der Waals surface area (Å²) in [4.78, 5) is -6.40. The van der Waals surface area contributed by atoms with Crippen molar-refractivity contribution < 1.29 is 0 Å². The van der Waals surface area contributed by atoms with Gasteiger partial charge in [-0.1, -0.05) is 117 Å². The third-order valence-corrected chi connectivity index (χ3v) is 14.4. The molecule has 30 heavy (non-hydrogen) atoms. The number of fused-ring (bicyclic) bond motifs is 8. The highest BCUT2D eigenvalue weighted by Gasteiger charge is 2.79. The molecule has 0 N–H and O–H groups in total. The predicted molar refractivity (Wildman–Crippen MR) is 133 cm³/mol. The first-order valence-corrected chi connectivity index (χ1v) is 12.6. The third-order valence-electron chi connectivity index (χ3n) is 6.22. The lowest BCUT2D eigenvalue weighted by molar-refractivity contribution is 0.697. The molecule has 0 saturated heterocycles. The standard InChI is InChI=1S/C18H4Cl12/c19-9-10(20)15(25)7-3-4-8-6(2-1-5(7)13(9,23)17(15,27)28)14(24)11(21)12(22)16(8,26)18(14,29)30/h1-4H. The summed E-state index contributed by atoms with van der Waals surface area (Å²) in [6, 6.07) is 0. The Hall–Kier alpha value is 1.92. The summed E-state index contributed by atoms with van der Waals surface area (Å²) in [5, 5.41) is 0.129. The topological polar surface area (TPSA) is 0 Å². The zero-order chi connectivity index (χ0) is 22.4. The molecule has 0 aliphatic heterocycles. The van der Waals surface area contributed by atoms with Crippen LogP contribution < -0.4 is 0 Å². The second-order valence-electron chi connectivity index (χ2n) is 7.36. The van der Waals surface area contributed by atoms with Gasteiger partial charge in [-0.3, -0.25) is 0 Å². The minimum atomic E-state index is -1.78. The molecule has 0 aromatic rings. The fourth-order valence-electron chi connectivity index (χ4n) is 4.67. The van der Waals surface area contributed by atoms with Crippen LogP contribution >= 0.6 is 139 Å². The van der Waals surface area contributed by atoms with Gasteiger partial charge in [0, 0.05) is 0 Å². The lowest BCUT2D eigenvalue weighted by Crippen LogP contribution is -2.45. The van der Waals surface area contributed by atoms with Gasteiger partial charge in [-0.05, 0) is 22.3 Å². The molecule has 4 atom stereocenters. The van der Waals surface area contributed by atoms with Gasteiger partial charge >= 0.3 is 0 Å². The van der Waals surface area contributed by atoms with E-state index in [0.29, 0.717) is 22.3 Å². The number of allylic oxidation sites excluding steroid dienone is 12. The van der Waals surface area contributed by atoms with Crippen molar-refractivity contribution in [1.82, 2.24) is 0 Å². The van der Waals surface area contributed by atoms with E-state index in [1.165, 1.54) is 0 Å². The Morgan fingerprint density at radius 1 is 0.367 bits per heavy atom. The predicted octanol–water partition coefficient (Wildman–Crippen LogP) is 9.40. The average Bonchev–Trinajstić information content (AvgIpc) is 2.96. The van der Waals surface area contributed by atoms with Crippen molar-refractivity contribution in [2.45, 2.75) is 28.2 Å². The number of hydrogen-bond acceptors (Lipinski definition) is 0. The monoisotopic (exact) mass is 640 g/mol. The van der Waals surface area contributed by atoms with E-state index in [0.717, 1.165) is 0 Å². The first kappa shape index (κ1) is 23.7. The highest BCUT2D eigenvalue weighted by molar-refractivity contribution is 6.68. The molecule has 0 heterocycles. The highest BCUT2D eigenvalue weighted by Crippen LogP contribution is 2.77. The van der Waals surface area contributed by atoms with E-state index in [1.54, 1.807) is 24.3 Å². The molecule has 0 amide bonds. The summed E-state index contributed by atoms with van der Waals surface area (Å²) < 4.78 is -3.56. The molecule has 0 aromatic carbocycles. The minimum absolute atomic E-state index is 0.0322. The van der Waals surface area contributed by atoms with E-state index in [1.807, 2.05) is 0 Å². The van der Waals surface area contributed by atoms with Crippen LogP contribution in [0.3, 0.4) is 0 Å². The Morgan fingerprint density at radius 3 is 0.700 bits per heavy atom. The number of hydrogen-bond donors (Lipinski definition) is 0. The molecule has 5 aliphatic rings. The first-order chi connectivity index (χ1) is 13.6. The maximum atomic E-state index is 6.87. The van der Waals surface area contributed by atoms with Crippen molar-refractivity contribution in [2.75, 3.05) is 0 Å². The summed E-state index contributed by atoms with van der Waals surface area (Å²) in [6.45, 7) is 0. The van der Waals surface area contributed by atoms with Gasteiger partial charge in [-0.25, -0.2) is 0 Å². The Morgan fingerprint density at radius 2 is 0.533 bits per heavy atom. The summed E-state index contributed by atoms with van der Waals surface area (Å²) in [6.07, 6.45) is 6.51. The van der Waals surface area contributed by atoms with Crippen LogP contribution in [0.2, 0.25) is 0 Å². The maximum Gasteiger partial charge on any atom is 0.174 e. The molecular formula is C18H4Cl12. The van der Waals surface area contributed by atoms with Crippen LogP contribution in [0, 0.1) is 0 Å². The highest BCUT2D eigenvalue weighted by atomic mass is 35.5. The molecule has 12 heteroatoms. The molecule has 5 aliphatic carbocycles. The molecule has 4 unspecified atom stereocenters. The normalized spacial score (nSPS) is 44.9. The smallest absolute Gasteiger partial charge is 0.104 e. The van der Waals surface area contributed by atoms with Crippen LogP contribution in [0.1, 0.15) is 0 Å². The molecule has 0 radical (unpaired) electrons. The number of rotatable bonds is 0. The molecular weight excluding hydrogens is 642 g/mol. The van der Waals surface area contributed by atoms with Gasteiger partial charge in [0.15, 0.2) is 8.67 Å². The van der Waals surface area contributed by atoms with E-state index in [4.69, 9.17) is 139 Å². The van der Waals surface area contributed by atoms with Crippen molar-refractivity contribution in [3.05, 3.63) is 66.7 Å². The fourth-order valence-corrected chi connectivity index (χ4v) is 10.1. The van der Waals surface area contributed by atoms with Gasteiger partial charge in [0.25, 0.3) is 0 Å². The van der Waals surface area contributed by atoms with Crippen LogP contribution in [0.15, 0.2) is 66.7 Å². The maximum absolute atomic E-state index is 6.87. The fraction of sp³-hybridized carbons (Fsp3) is 0.333. The zero-order valence-corrected chi connectivity index (χ0v) is 22.9. The Balaban J connectivity index is 1.77. The number of halogens is 12. The van der Waals surface area contributed by atoms with Crippen molar-refractivity contribution in [3.63, 3.8) is 0 Å². The van der Waals surface area contributed by atoms with Gasteiger partial charge in [0.1, 0.15) is 19.5 Å². The lowest BCUT2D eigenvalue weighted by Gasteiger charge is -2.33. The van der Waals surface area contributed by atoms with Crippen molar-refractivity contribution in [3.8, 4) is 0 Å². The Kier molecular flexibility index (Phi) is 5.02. The quantitative estimate of drug-likeness (QED) is 0.230. The summed E-state index contributed by atoms with van der Waals surface area (Å²) in [5.41, 5.74) is 1.76. The van der Waals surface area contributed by atoms with Gasteiger partial charge < -0.3 is 0 Å². The van der Waals surface area contributed by atoms with E-state index in [9.17, 15) is 0 Å². The molecule has 0 aromatic heterocycles. The van der Waals surface area contributed by atoms with Crippen molar-refractivity contribution in [2.24, 2.45) is 0 Å². The summed E-state index contributed by atoms with van der Waals surface area (Å²) in [7, 11) is 0.